The summed E-state index contributed by atoms with van der Waals surface area (Å²) in [5.41, 5.74) is 2.34. The molecule has 1 aromatic carbocycles. The monoisotopic (exact) mass is 355 g/mol. The summed E-state index contributed by atoms with van der Waals surface area (Å²) in [6.45, 7) is 5.89. The SMILES string of the molecule is Cc1ccc(CSC[C@H](NC(=O)[C@@H](CS)C(C)C)C(=O)O)cc1. The van der Waals surface area contributed by atoms with Crippen molar-refractivity contribution < 1.29 is 14.7 Å². The third kappa shape index (κ3) is 6.87. The average molecular weight is 356 g/mol. The minimum atomic E-state index is -1.00. The molecule has 4 nitrogen and oxygen atoms in total. The quantitative estimate of drug-likeness (QED) is 0.596. The maximum absolute atomic E-state index is 12.2. The molecule has 0 aliphatic heterocycles. The van der Waals surface area contributed by atoms with Crippen molar-refractivity contribution in [3.63, 3.8) is 0 Å². The van der Waals surface area contributed by atoms with Gasteiger partial charge in [-0.05, 0) is 18.4 Å². The van der Waals surface area contributed by atoms with Crippen LogP contribution in [0.3, 0.4) is 0 Å². The number of carboxylic acid groups (broad SMARTS) is 1. The molecule has 0 unspecified atom stereocenters. The molecule has 6 heteroatoms. The van der Waals surface area contributed by atoms with Gasteiger partial charge < -0.3 is 10.4 Å². The van der Waals surface area contributed by atoms with Crippen molar-refractivity contribution in [2.24, 2.45) is 11.8 Å². The van der Waals surface area contributed by atoms with Crippen molar-refractivity contribution in [2.45, 2.75) is 32.6 Å². The van der Waals surface area contributed by atoms with E-state index in [-0.39, 0.29) is 17.7 Å². The molecule has 0 fully saturated rings. The predicted octanol–water partition coefficient (Wildman–Crippen LogP) is 3.00. The minimum Gasteiger partial charge on any atom is -0.480 e. The first kappa shape index (κ1) is 19.9. The van der Waals surface area contributed by atoms with E-state index >= 15 is 0 Å². The molecule has 0 saturated carbocycles. The molecule has 0 heterocycles. The number of carbonyl (C=O) groups excluding carboxylic acids is 1. The summed E-state index contributed by atoms with van der Waals surface area (Å²) in [6.07, 6.45) is 0. The van der Waals surface area contributed by atoms with E-state index in [0.29, 0.717) is 11.5 Å². The molecule has 0 aliphatic rings. The Morgan fingerprint density at radius 3 is 2.35 bits per heavy atom. The van der Waals surface area contributed by atoms with Crippen molar-refractivity contribution in [1.29, 1.82) is 0 Å². The number of carbonyl (C=O) groups is 2. The van der Waals surface area contributed by atoms with Gasteiger partial charge in [0.2, 0.25) is 5.91 Å². The van der Waals surface area contributed by atoms with E-state index < -0.39 is 12.0 Å². The number of amides is 1. The molecule has 0 bridgehead atoms. The Balaban J connectivity index is 2.53. The average Bonchev–Trinajstić information content (AvgIpc) is 2.48. The molecule has 1 rings (SSSR count). The molecule has 1 aromatic rings. The van der Waals surface area contributed by atoms with Gasteiger partial charge in [-0.25, -0.2) is 4.79 Å². The number of thiol groups is 1. The largest absolute Gasteiger partial charge is 0.480 e. The van der Waals surface area contributed by atoms with Crippen molar-refractivity contribution >= 4 is 36.3 Å². The molecule has 2 N–H and O–H groups in total. The number of hydrogen-bond donors (Lipinski definition) is 3. The summed E-state index contributed by atoms with van der Waals surface area (Å²) in [5.74, 6) is 0.0814. The third-order valence-electron chi connectivity index (χ3n) is 3.63. The number of aryl methyl sites for hydroxylation is 1. The second kappa shape index (κ2) is 9.88. The summed E-state index contributed by atoms with van der Waals surface area (Å²) in [5, 5.41) is 11.9. The molecule has 0 radical (unpaired) electrons. The third-order valence-corrected chi connectivity index (χ3v) is 5.13. The molecular formula is C17H25NO3S2. The first-order valence-corrected chi connectivity index (χ1v) is 9.41. The zero-order valence-corrected chi connectivity index (χ0v) is 15.5. The van der Waals surface area contributed by atoms with Crippen LogP contribution in [-0.2, 0) is 15.3 Å². The van der Waals surface area contributed by atoms with Gasteiger partial charge in [-0.2, -0.15) is 24.4 Å². The van der Waals surface area contributed by atoms with Gasteiger partial charge in [-0.3, -0.25) is 4.79 Å². The second-order valence-electron chi connectivity index (χ2n) is 5.93. The molecule has 23 heavy (non-hydrogen) atoms. The summed E-state index contributed by atoms with van der Waals surface area (Å²) in [7, 11) is 0. The topological polar surface area (TPSA) is 66.4 Å². The lowest BCUT2D eigenvalue weighted by molar-refractivity contribution is -0.141. The van der Waals surface area contributed by atoms with Gasteiger partial charge in [0.05, 0.1) is 0 Å². The summed E-state index contributed by atoms with van der Waals surface area (Å²) in [6, 6.07) is 7.26. The van der Waals surface area contributed by atoms with Crippen LogP contribution in [0, 0.1) is 18.8 Å². The van der Waals surface area contributed by atoms with Crippen molar-refractivity contribution in [3.8, 4) is 0 Å². The van der Waals surface area contributed by atoms with Gasteiger partial charge in [-0.15, -0.1) is 0 Å². The van der Waals surface area contributed by atoms with Crippen LogP contribution < -0.4 is 5.32 Å². The van der Waals surface area contributed by atoms with Crippen LogP contribution in [-0.4, -0.2) is 34.5 Å². The lowest BCUT2D eigenvalue weighted by atomic mass is 9.97. The Kier molecular flexibility index (Phi) is 8.55. The van der Waals surface area contributed by atoms with Crippen LogP contribution >= 0.6 is 24.4 Å². The maximum atomic E-state index is 12.2. The smallest absolute Gasteiger partial charge is 0.327 e. The van der Waals surface area contributed by atoms with E-state index in [1.807, 2.05) is 45.0 Å². The van der Waals surface area contributed by atoms with Crippen molar-refractivity contribution in [2.75, 3.05) is 11.5 Å². The molecule has 0 aromatic heterocycles. The van der Waals surface area contributed by atoms with Crippen LogP contribution in [0.1, 0.15) is 25.0 Å². The highest BCUT2D eigenvalue weighted by Crippen LogP contribution is 2.16. The molecule has 0 saturated heterocycles. The van der Waals surface area contributed by atoms with Crippen LogP contribution in [0.15, 0.2) is 24.3 Å². The van der Waals surface area contributed by atoms with Gasteiger partial charge in [0.15, 0.2) is 0 Å². The van der Waals surface area contributed by atoms with Gasteiger partial charge >= 0.3 is 5.97 Å². The Hall–Kier alpha value is -1.14. The van der Waals surface area contributed by atoms with Gasteiger partial charge in [0, 0.05) is 23.2 Å². The first-order chi connectivity index (χ1) is 10.8. The van der Waals surface area contributed by atoms with Crippen molar-refractivity contribution in [1.82, 2.24) is 5.32 Å². The van der Waals surface area contributed by atoms with Crippen LogP contribution in [0.5, 0.6) is 0 Å². The number of benzene rings is 1. The summed E-state index contributed by atoms with van der Waals surface area (Å²) in [4.78, 5) is 23.5. The summed E-state index contributed by atoms with van der Waals surface area (Å²) >= 11 is 5.69. The molecule has 0 aliphatic carbocycles. The predicted molar refractivity (Wildman–Crippen MR) is 99.1 cm³/mol. The molecule has 128 valence electrons. The Labute approximate surface area is 147 Å². The molecule has 1 amide bonds. The second-order valence-corrected chi connectivity index (χ2v) is 7.33. The summed E-state index contributed by atoms with van der Waals surface area (Å²) < 4.78 is 0. The fourth-order valence-electron chi connectivity index (χ4n) is 2.03. The van der Waals surface area contributed by atoms with Gasteiger partial charge in [-0.1, -0.05) is 43.7 Å². The molecular weight excluding hydrogens is 330 g/mol. The number of carboxylic acids is 1. The number of aliphatic carboxylic acids is 1. The lowest BCUT2D eigenvalue weighted by Gasteiger charge is -2.21. The highest BCUT2D eigenvalue weighted by molar-refractivity contribution is 7.98. The Bertz CT molecular complexity index is 517. The zero-order chi connectivity index (χ0) is 17.4. The number of thioether (sulfide) groups is 1. The van der Waals surface area contributed by atoms with E-state index in [4.69, 9.17) is 0 Å². The van der Waals surface area contributed by atoms with E-state index in [1.165, 1.54) is 17.3 Å². The van der Waals surface area contributed by atoms with E-state index in [0.717, 1.165) is 11.3 Å². The highest BCUT2D eigenvalue weighted by atomic mass is 32.2. The highest BCUT2D eigenvalue weighted by Gasteiger charge is 2.26. The zero-order valence-electron chi connectivity index (χ0n) is 13.8. The van der Waals surface area contributed by atoms with Gasteiger partial charge in [0.1, 0.15) is 6.04 Å². The standard InChI is InChI=1S/C17H25NO3S2/c1-11(2)14(8-22)16(19)18-15(17(20)21)10-23-9-13-6-4-12(3)5-7-13/h4-7,11,14-15,22H,8-10H2,1-3H3,(H,18,19)(H,20,21)/t14-,15-/m0/s1. The maximum Gasteiger partial charge on any atom is 0.327 e. The van der Waals surface area contributed by atoms with Gasteiger partial charge in [0.25, 0.3) is 0 Å². The Morgan fingerprint density at radius 2 is 1.87 bits per heavy atom. The van der Waals surface area contributed by atoms with E-state index in [2.05, 4.69) is 17.9 Å². The fraction of sp³-hybridized carbons (Fsp3) is 0.529. The van der Waals surface area contributed by atoms with E-state index in [1.54, 1.807) is 0 Å². The van der Waals surface area contributed by atoms with E-state index in [9.17, 15) is 14.7 Å². The minimum absolute atomic E-state index is 0.127. The number of nitrogens with one attached hydrogen (secondary N) is 1. The molecule has 2 atom stereocenters. The fourth-order valence-corrected chi connectivity index (χ4v) is 3.62. The first-order valence-electron chi connectivity index (χ1n) is 7.62. The Morgan fingerprint density at radius 1 is 1.26 bits per heavy atom. The lowest BCUT2D eigenvalue weighted by Crippen LogP contribution is -2.46. The molecule has 0 spiro atoms. The normalized spacial score (nSPS) is 13.6. The number of rotatable bonds is 9. The van der Waals surface area contributed by atoms with Crippen LogP contribution in [0.4, 0.5) is 0 Å². The van der Waals surface area contributed by atoms with Crippen LogP contribution in [0.25, 0.3) is 0 Å². The van der Waals surface area contributed by atoms with Crippen molar-refractivity contribution in [3.05, 3.63) is 35.4 Å². The van der Waals surface area contributed by atoms with Crippen LogP contribution in [0.2, 0.25) is 0 Å². The number of hydrogen-bond acceptors (Lipinski definition) is 4.